The van der Waals surface area contributed by atoms with Crippen LogP contribution >= 0.6 is 11.6 Å². The summed E-state index contributed by atoms with van der Waals surface area (Å²) in [4.78, 5) is 10.7. The lowest BCUT2D eigenvalue weighted by Crippen LogP contribution is -2.17. The van der Waals surface area contributed by atoms with Crippen LogP contribution in [0.4, 0.5) is 0 Å². The largest absolute Gasteiger partial charge is 0.478 e. The van der Waals surface area contributed by atoms with E-state index in [4.69, 9.17) is 21.1 Å². The summed E-state index contributed by atoms with van der Waals surface area (Å²) >= 11 is 5.93. The summed E-state index contributed by atoms with van der Waals surface area (Å²) < 4.78 is 5.17. The van der Waals surface area contributed by atoms with Crippen molar-refractivity contribution >= 4 is 17.6 Å². The van der Waals surface area contributed by atoms with Gasteiger partial charge < -0.3 is 14.8 Å². The summed E-state index contributed by atoms with van der Waals surface area (Å²) in [6.07, 6.45) is 1.24. The standard InChI is InChI=1S/C14H14ClNO3/c1-9(10-3-2-4-12(15)5-10)16-7-13-6-11(8-19-13)14(17)18/h2-6,8-9,16H,7H2,1H3,(H,17,18)/t9-/m1/s1. The van der Waals surface area contributed by atoms with Gasteiger partial charge in [0.15, 0.2) is 0 Å². The minimum atomic E-state index is -0.988. The number of hydrogen-bond donors (Lipinski definition) is 2. The van der Waals surface area contributed by atoms with Crippen molar-refractivity contribution in [2.45, 2.75) is 19.5 Å². The minimum Gasteiger partial charge on any atom is -0.478 e. The molecule has 0 unspecified atom stereocenters. The second kappa shape index (κ2) is 5.91. The third-order valence-electron chi connectivity index (χ3n) is 2.83. The predicted molar refractivity (Wildman–Crippen MR) is 72.4 cm³/mol. The van der Waals surface area contributed by atoms with E-state index in [1.54, 1.807) is 0 Å². The van der Waals surface area contributed by atoms with Crippen LogP contribution in [0.5, 0.6) is 0 Å². The van der Waals surface area contributed by atoms with Crippen LogP contribution in [0, 0.1) is 0 Å². The van der Waals surface area contributed by atoms with Crippen LogP contribution < -0.4 is 5.32 Å². The maximum Gasteiger partial charge on any atom is 0.338 e. The summed E-state index contributed by atoms with van der Waals surface area (Å²) in [6, 6.07) is 9.20. The van der Waals surface area contributed by atoms with Crippen LogP contribution in [0.1, 0.15) is 34.6 Å². The van der Waals surface area contributed by atoms with Gasteiger partial charge in [0.1, 0.15) is 12.0 Å². The van der Waals surface area contributed by atoms with Crippen molar-refractivity contribution in [1.29, 1.82) is 0 Å². The van der Waals surface area contributed by atoms with Gasteiger partial charge in [-0.15, -0.1) is 0 Å². The van der Waals surface area contributed by atoms with Gasteiger partial charge in [0, 0.05) is 11.1 Å². The quantitative estimate of drug-likeness (QED) is 0.879. The molecule has 0 saturated heterocycles. The molecule has 0 radical (unpaired) electrons. The number of furan rings is 1. The fourth-order valence-corrected chi connectivity index (χ4v) is 1.93. The average Bonchev–Trinajstić information content (AvgIpc) is 2.85. The lowest BCUT2D eigenvalue weighted by molar-refractivity contribution is 0.0696. The van der Waals surface area contributed by atoms with E-state index >= 15 is 0 Å². The first-order valence-corrected chi connectivity index (χ1v) is 6.23. The number of nitrogens with one attached hydrogen (secondary N) is 1. The number of carboxylic acids is 1. The Labute approximate surface area is 116 Å². The van der Waals surface area contributed by atoms with E-state index in [-0.39, 0.29) is 11.6 Å². The highest BCUT2D eigenvalue weighted by Gasteiger charge is 2.10. The molecule has 4 nitrogen and oxygen atoms in total. The maximum absolute atomic E-state index is 10.7. The van der Waals surface area contributed by atoms with Crippen LogP contribution in [-0.2, 0) is 6.54 Å². The molecule has 0 spiro atoms. The Morgan fingerprint density at radius 2 is 2.26 bits per heavy atom. The number of rotatable bonds is 5. The lowest BCUT2D eigenvalue weighted by Gasteiger charge is -2.13. The van der Waals surface area contributed by atoms with Crippen molar-refractivity contribution in [1.82, 2.24) is 5.32 Å². The highest BCUT2D eigenvalue weighted by Crippen LogP contribution is 2.18. The van der Waals surface area contributed by atoms with Gasteiger partial charge in [0.25, 0.3) is 0 Å². The second-order valence-corrected chi connectivity index (χ2v) is 4.70. The molecule has 0 fully saturated rings. The third kappa shape index (κ3) is 3.59. The smallest absolute Gasteiger partial charge is 0.338 e. The molecule has 1 atom stereocenters. The SMILES string of the molecule is C[C@@H](NCc1cc(C(=O)O)co1)c1cccc(Cl)c1. The number of aromatic carboxylic acids is 1. The summed E-state index contributed by atoms with van der Waals surface area (Å²) in [5.41, 5.74) is 1.23. The van der Waals surface area contributed by atoms with Gasteiger partial charge in [0.05, 0.1) is 12.1 Å². The van der Waals surface area contributed by atoms with Gasteiger partial charge >= 0.3 is 5.97 Å². The molecular formula is C14H14ClNO3. The van der Waals surface area contributed by atoms with E-state index in [9.17, 15) is 4.79 Å². The van der Waals surface area contributed by atoms with Crippen molar-refractivity contribution in [2.75, 3.05) is 0 Å². The highest BCUT2D eigenvalue weighted by molar-refractivity contribution is 6.30. The Morgan fingerprint density at radius 3 is 2.89 bits per heavy atom. The first-order valence-electron chi connectivity index (χ1n) is 5.86. The molecule has 0 amide bonds. The predicted octanol–water partition coefficient (Wildman–Crippen LogP) is 3.48. The van der Waals surface area contributed by atoms with Gasteiger partial charge in [-0.3, -0.25) is 0 Å². The topological polar surface area (TPSA) is 62.5 Å². The van der Waals surface area contributed by atoms with E-state index < -0.39 is 5.97 Å². The highest BCUT2D eigenvalue weighted by atomic mass is 35.5. The number of carboxylic acid groups (broad SMARTS) is 1. The van der Waals surface area contributed by atoms with Crippen LogP contribution in [0.2, 0.25) is 5.02 Å². The van der Waals surface area contributed by atoms with E-state index in [1.807, 2.05) is 31.2 Å². The fraction of sp³-hybridized carbons (Fsp3) is 0.214. The van der Waals surface area contributed by atoms with E-state index in [1.165, 1.54) is 12.3 Å². The number of halogens is 1. The van der Waals surface area contributed by atoms with Crippen molar-refractivity contribution in [2.24, 2.45) is 0 Å². The van der Waals surface area contributed by atoms with E-state index in [0.29, 0.717) is 17.3 Å². The van der Waals surface area contributed by atoms with Crippen LogP contribution in [0.3, 0.4) is 0 Å². The second-order valence-electron chi connectivity index (χ2n) is 4.26. The number of benzene rings is 1. The van der Waals surface area contributed by atoms with Crippen LogP contribution in [-0.4, -0.2) is 11.1 Å². The first-order chi connectivity index (χ1) is 9.06. The zero-order valence-electron chi connectivity index (χ0n) is 10.4. The lowest BCUT2D eigenvalue weighted by atomic mass is 10.1. The van der Waals surface area contributed by atoms with Gasteiger partial charge in [-0.2, -0.15) is 0 Å². The normalized spacial score (nSPS) is 12.3. The van der Waals surface area contributed by atoms with Crippen molar-refractivity contribution in [3.05, 3.63) is 58.5 Å². The van der Waals surface area contributed by atoms with Gasteiger partial charge in [-0.25, -0.2) is 4.79 Å². The average molecular weight is 280 g/mol. The minimum absolute atomic E-state index is 0.0945. The van der Waals surface area contributed by atoms with Crippen LogP contribution in [0.25, 0.3) is 0 Å². The Morgan fingerprint density at radius 1 is 1.47 bits per heavy atom. The third-order valence-corrected chi connectivity index (χ3v) is 3.07. The first kappa shape index (κ1) is 13.6. The van der Waals surface area contributed by atoms with Gasteiger partial charge in [-0.05, 0) is 30.7 Å². The maximum atomic E-state index is 10.7. The monoisotopic (exact) mass is 279 g/mol. The van der Waals surface area contributed by atoms with Crippen molar-refractivity contribution < 1.29 is 14.3 Å². The molecule has 2 N–H and O–H groups in total. The zero-order valence-corrected chi connectivity index (χ0v) is 11.1. The Hall–Kier alpha value is -1.78. The zero-order chi connectivity index (χ0) is 13.8. The summed E-state index contributed by atoms with van der Waals surface area (Å²) in [5, 5.41) is 12.7. The molecule has 100 valence electrons. The van der Waals surface area contributed by atoms with Crippen LogP contribution in [0.15, 0.2) is 41.0 Å². The fourth-order valence-electron chi connectivity index (χ4n) is 1.73. The molecule has 5 heteroatoms. The van der Waals surface area contributed by atoms with Crippen molar-refractivity contribution in [3.8, 4) is 0 Å². The number of hydrogen-bond acceptors (Lipinski definition) is 3. The molecule has 2 rings (SSSR count). The molecule has 1 heterocycles. The summed E-state index contributed by atoms with van der Waals surface area (Å²) in [5.74, 6) is -0.399. The molecule has 2 aromatic rings. The van der Waals surface area contributed by atoms with E-state index in [2.05, 4.69) is 5.32 Å². The Bertz CT molecular complexity index is 580. The van der Waals surface area contributed by atoms with Gasteiger partial charge in [-0.1, -0.05) is 23.7 Å². The molecule has 0 aliphatic rings. The van der Waals surface area contributed by atoms with E-state index in [0.717, 1.165) is 5.56 Å². The summed E-state index contributed by atoms with van der Waals surface area (Å²) in [6.45, 7) is 2.47. The Kier molecular flexibility index (Phi) is 4.24. The summed E-state index contributed by atoms with van der Waals surface area (Å²) in [7, 11) is 0. The van der Waals surface area contributed by atoms with Crippen molar-refractivity contribution in [3.63, 3.8) is 0 Å². The molecule has 0 saturated carbocycles. The molecule has 0 aliphatic heterocycles. The molecule has 0 aliphatic carbocycles. The molecule has 19 heavy (non-hydrogen) atoms. The number of carbonyl (C=O) groups is 1. The molecular weight excluding hydrogens is 266 g/mol. The Balaban J connectivity index is 1.96. The molecule has 1 aromatic heterocycles. The molecule has 1 aromatic carbocycles. The van der Waals surface area contributed by atoms with Gasteiger partial charge in [0.2, 0.25) is 0 Å². The molecule has 0 bridgehead atoms.